The van der Waals surface area contributed by atoms with Gasteiger partial charge in [-0.2, -0.15) is 9.78 Å². The van der Waals surface area contributed by atoms with Gasteiger partial charge in [0.2, 0.25) is 11.9 Å². The van der Waals surface area contributed by atoms with E-state index in [1.165, 1.54) is 4.88 Å². The summed E-state index contributed by atoms with van der Waals surface area (Å²) in [5.74, 6) is 1.37. The Morgan fingerprint density at radius 3 is 2.92 bits per heavy atom. The third-order valence-electron chi connectivity index (χ3n) is 4.57. The van der Waals surface area contributed by atoms with E-state index in [4.69, 9.17) is 0 Å². The molecule has 0 fully saturated rings. The Labute approximate surface area is 147 Å². The molecule has 1 aliphatic rings. The van der Waals surface area contributed by atoms with E-state index in [0.717, 1.165) is 22.3 Å². The Balaban J connectivity index is 1.70. The van der Waals surface area contributed by atoms with Crippen LogP contribution in [0.1, 0.15) is 28.5 Å². The predicted molar refractivity (Wildman–Crippen MR) is 97.4 cm³/mol. The van der Waals surface area contributed by atoms with E-state index in [2.05, 4.69) is 26.4 Å². The Kier molecular flexibility index (Phi) is 3.05. The number of fused-ring (bicyclic) bond motifs is 2. The minimum Gasteiger partial charge on any atom is -0.322 e. The normalized spacial score (nSPS) is 16.8. The van der Waals surface area contributed by atoms with Crippen molar-refractivity contribution in [3.8, 4) is 5.95 Å². The first-order valence-corrected chi connectivity index (χ1v) is 8.96. The van der Waals surface area contributed by atoms with Crippen molar-refractivity contribution in [1.82, 2.24) is 19.7 Å². The number of rotatable bonds is 2. The smallest absolute Gasteiger partial charge is 0.231 e. The summed E-state index contributed by atoms with van der Waals surface area (Å²) in [6, 6.07) is 11.9. The number of hydrogen-bond donors (Lipinski definition) is 2. The summed E-state index contributed by atoms with van der Waals surface area (Å²) in [4.78, 5) is 21.4. The van der Waals surface area contributed by atoms with Gasteiger partial charge in [0.05, 0.1) is 16.7 Å². The highest BCUT2D eigenvalue weighted by Gasteiger charge is 2.33. The number of thiophene rings is 1. The van der Waals surface area contributed by atoms with E-state index >= 15 is 0 Å². The molecule has 1 amide bonds. The number of aromatic amines is 1. The lowest BCUT2D eigenvalue weighted by molar-refractivity contribution is -0.116. The summed E-state index contributed by atoms with van der Waals surface area (Å²) in [6.07, 6.45) is 0.445. The fraction of sp³-hybridized carbons (Fsp3) is 0.167. The largest absolute Gasteiger partial charge is 0.322 e. The first-order valence-electron chi connectivity index (χ1n) is 8.08. The second-order valence-corrected chi connectivity index (χ2v) is 7.14. The van der Waals surface area contributed by atoms with Crippen LogP contribution in [-0.2, 0) is 4.79 Å². The molecule has 0 saturated carbocycles. The Morgan fingerprint density at radius 2 is 2.12 bits per heavy atom. The Bertz CT molecular complexity index is 1060. The standard InChI is InChI=1S/C18H15N5OS/c1-10-16-11(14-7-4-8-25-14)9-15(24)21-17(16)23(22-10)18-19-12-5-2-3-6-13(12)20-18/h2-8,11H,9H2,1H3,(H,19,20)(H,21,24). The molecule has 124 valence electrons. The van der Waals surface area contributed by atoms with Crippen molar-refractivity contribution in [3.63, 3.8) is 0 Å². The number of hydrogen-bond acceptors (Lipinski definition) is 4. The molecule has 7 heteroatoms. The van der Waals surface area contributed by atoms with Gasteiger partial charge in [-0.3, -0.25) is 4.79 Å². The summed E-state index contributed by atoms with van der Waals surface area (Å²) in [5, 5.41) is 9.70. The zero-order valence-corrected chi connectivity index (χ0v) is 14.3. The minimum absolute atomic E-state index is 0.00293. The molecule has 0 saturated heterocycles. The van der Waals surface area contributed by atoms with E-state index in [-0.39, 0.29) is 11.8 Å². The van der Waals surface area contributed by atoms with Gasteiger partial charge in [-0.15, -0.1) is 11.3 Å². The quantitative estimate of drug-likeness (QED) is 0.581. The number of carbonyl (C=O) groups is 1. The second kappa shape index (κ2) is 5.29. The average molecular weight is 349 g/mol. The lowest BCUT2D eigenvalue weighted by Crippen LogP contribution is -2.24. The molecule has 5 rings (SSSR count). The fourth-order valence-electron chi connectivity index (χ4n) is 3.47. The van der Waals surface area contributed by atoms with Crippen molar-refractivity contribution in [3.05, 3.63) is 57.9 Å². The van der Waals surface area contributed by atoms with Crippen LogP contribution in [0.3, 0.4) is 0 Å². The van der Waals surface area contributed by atoms with Gasteiger partial charge in [-0.25, -0.2) is 4.98 Å². The zero-order chi connectivity index (χ0) is 17.0. The molecule has 1 aliphatic heterocycles. The number of aromatic nitrogens is 4. The molecule has 0 aliphatic carbocycles. The van der Waals surface area contributed by atoms with Gasteiger partial charge in [-0.05, 0) is 30.5 Å². The molecule has 1 aromatic carbocycles. The van der Waals surface area contributed by atoms with Crippen LogP contribution in [0.5, 0.6) is 0 Å². The highest BCUT2D eigenvalue weighted by atomic mass is 32.1. The van der Waals surface area contributed by atoms with Crippen LogP contribution in [0.15, 0.2) is 41.8 Å². The van der Waals surface area contributed by atoms with Gasteiger partial charge in [0.25, 0.3) is 0 Å². The molecule has 0 radical (unpaired) electrons. The number of imidazole rings is 1. The summed E-state index contributed by atoms with van der Waals surface area (Å²) < 4.78 is 1.71. The first-order chi connectivity index (χ1) is 12.2. The number of amides is 1. The van der Waals surface area contributed by atoms with Crippen molar-refractivity contribution < 1.29 is 4.79 Å². The van der Waals surface area contributed by atoms with Gasteiger partial charge >= 0.3 is 0 Å². The van der Waals surface area contributed by atoms with Gasteiger partial charge in [-0.1, -0.05) is 18.2 Å². The molecule has 2 N–H and O–H groups in total. The third kappa shape index (κ3) is 2.20. The SMILES string of the molecule is Cc1nn(-c2nc3ccccc3[nH]2)c2c1C(c1cccs1)CC(=O)N2. The van der Waals surface area contributed by atoms with Crippen LogP contribution >= 0.6 is 11.3 Å². The van der Waals surface area contributed by atoms with E-state index in [1.807, 2.05) is 42.6 Å². The predicted octanol–water partition coefficient (Wildman–Crippen LogP) is 3.59. The average Bonchev–Trinajstić information content (AvgIpc) is 3.32. The molecule has 0 bridgehead atoms. The second-order valence-electron chi connectivity index (χ2n) is 6.16. The van der Waals surface area contributed by atoms with E-state index in [1.54, 1.807) is 16.0 Å². The zero-order valence-electron chi connectivity index (χ0n) is 13.5. The van der Waals surface area contributed by atoms with Crippen LogP contribution in [0, 0.1) is 6.92 Å². The van der Waals surface area contributed by atoms with Crippen molar-refractivity contribution >= 4 is 34.1 Å². The molecule has 25 heavy (non-hydrogen) atoms. The molecule has 1 atom stereocenters. The Morgan fingerprint density at radius 1 is 1.24 bits per heavy atom. The lowest BCUT2D eigenvalue weighted by Gasteiger charge is -2.22. The number of benzene rings is 1. The van der Waals surface area contributed by atoms with E-state index < -0.39 is 0 Å². The fourth-order valence-corrected chi connectivity index (χ4v) is 4.31. The summed E-state index contributed by atoms with van der Waals surface area (Å²) in [7, 11) is 0. The number of anilines is 1. The number of aryl methyl sites for hydroxylation is 1. The highest BCUT2D eigenvalue weighted by molar-refractivity contribution is 7.10. The van der Waals surface area contributed by atoms with E-state index in [9.17, 15) is 4.79 Å². The van der Waals surface area contributed by atoms with Crippen molar-refractivity contribution in [2.45, 2.75) is 19.3 Å². The molecule has 6 nitrogen and oxygen atoms in total. The molecule has 0 spiro atoms. The number of para-hydroxylation sites is 2. The van der Waals surface area contributed by atoms with Crippen molar-refractivity contribution in [2.75, 3.05) is 5.32 Å². The van der Waals surface area contributed by atoms with Crippen LogP contribution in [0.4, 0.5) is 5.82 Å². The lowest BCUT2D eigenvalue weighted by atomic mass is 9.91. The van der Waals surface area contributed by atoms with Crippen LogP contribution < -0.4 is 5.32 Å². The topological polar surface area (TPSA) is 75.6 Å². The molecule has 4 aromatic rings. The van der Waals surface area contributed by atoms with Crippen molar-refractivity contribution in [2.24, 2.45) is 0 Å². The monoisotopic (exact) mass is 349 g/mol. The van der Waals surface area contributed by atoms with Gasteiger partial charge in [0, 0.05) is 22.8 Å². The maximum atomic E-state index is 12.3. The molecular formula is C18H15N5OS. The number of nitrogens with zero attached hydrogens (tertiary/aromatic N) is 3. The highest BCUT2D eigenvalue weighted by Crippen LogP contribution is 2.41. The summed E-state index contributed by atoms with van der Waals surface area (Å²) >= 11 is 1.67. The Hall–Kier alpha value is -2.93. The third-order valence-corrected chi connectivity index (χ3v) is 5.55. The summed E-state index contributed by atoms with van der Waals surface area (Å²) in [5.41, 5.74) is 3.80. The van der Waals surface area contributed by atoms with Crippen LogP contribution in [0.25, 0.3) is 17.0 Å². The van der Waals surface area contributed by atoms with Gasteiger partial charge in [0.15, 0.2) is 0 Å². The minimum atomic E-state index is 0.00293. The van der Waals surface area contributed by atoms with Crippen molar-refractivity contribution in [1.29, 1.82) is 0 Å². The van der Waals surface area contributed by atoms with E-state index in [0.29, 0.717) is 18.2 Å². The van der Waals surface area contributed by atoms with Gasteiger partial charge < -0.3 is 10.3 Å². The number of carbonyl (C=O) groups excluding carboxylic acids is 1. The number of nitrogens with one attached hydrogen (secondary N) is 2. The molecule has 4 heterocycles. The molecule has 3 aromatic heterocycles. The molecular weight excluding hydrogens is 334 g/mol. The van der Waals surface area contributed by atoms with Gasteiger partial charge in [0.1, 0.15) is 5.82 Å². The first kappa shape index (κ1) is 14.4. The maximum Gasteiger partial charge on any atom is 0.231 e. The van der Waals surface area contributed by atoms with Crippen LogP contribution in [-0.4, -0.2) is 25.7 Å². The maximum absolute atomic E-state index is 12.3. The summed E-state index contributed by atoms with van der Waals surface area (Å²) in [6.45, 7) is 1.98. The number of H-pyrrole nitrogens is 1. The van der Waals surface area contributed by atoms with Crippen LogP contribution in [0.2, 0.25) is 0 Å². The molecule has 1 unspecified atom stereocenters.